The summed E-state index contributed by atoms with van der Waals surface area (Å²) in [6.45, 7) is 11.9. The van der Waals surface area contributed by atoms with Crippen LogP contribution in [-0.4, -0.2) is 49.3 Å². The van der Waals surface area contributed by atoms with Gasteiger partial charge in [-0.05, 0) is 76.9 Å². The highest BCUT2D eigenvalue weighted by atomic mass is 16.5. The molecule has 2 saturated heterocycles. The first-order valence-electron chi connectivity index (χ1n) is 11.5. The third kappa shape index (κ3) is 5.61. The van der Waals surface area contributed by atoms with Crippen molar-refractivity contribution in [1.29, 1.82) is 0 Å². The summed E-state index contributed by atoms with van der Waals surface area (Å²) < 4.78 is 11.6. The van der Waals surface area contributed by atoms with Crippen molar-refractivity contribution in [3.8, 4) is 11.5 Å². The Morgan fingerprint density at radius 3 is 2.28 bits per heavy atom. The second-order valence-electron chi connectivity index (χ2n) is 10.2. The molecular weight excluding hydrogens is 402 g/mol. The molecule has 2 aliphatic heterocycles. The lowest BCUT2D eigenvalue weighted by Crippen LogP contribution is -2.62. The second-order valence-corrected chi connectivity index (χ2v) is 10.2. The zero-order valence-corrected chi connectivity index (χ0v) is 19.6. The summed E-state index contributed by atoms with van der Waals surface area (Å²) >= 11 is 0. The molecule has 2 aromatic carbocycles. The molecule has 0 spiro atoms. The molecule has 0 aliphatic carbocycles. The van der Waals surface area contributed by atoms with E-state index in [1.54, 1.807) is 0 Å². The van der Waals surface area contributed by atoms with Gasteiger partial charge in [-0.25, -0.2) is 0 Å². The van der Waals surface area contributed by atoms with E-state index in [0.29, 0.717) is 11.3 Å². The van der Waals surface area contributed by atoms with Crippen LogP contribution in [0, 0.1) is 0 Å². The zero-order valence-electron chi connectivity index (χ0n) is 19.6. The van der Waals surface area contributed by atoms with Crippen molar-refractivity contribution in [2.75, 3.05) is 31.2 Å². The predicted molar refractivity (Wildman–Crippen MR) is 128 cm³/mol. The Kier molecular flexibility index (Phi) is 6.45. The van der Waals surface area contributed by atoms with Crippen LogP contribution in [0.3, 0.4) is 0 Å². The number of carbonyl (C=O) groups is 1. The molecule has 32 heavy (non-hydrogen) atoms. The Bertz CT molecular complexity index is 918. The highest BCUT2D eigenvalue weighted by Gasteiger charge is 2.38. The van der Waals surface area contributed by atoms with E-state index in [4.69, 9.17) is 9.47 Å². The van der Waals surface area contributed by atoms with Gasteiger partial charge in [0, 0.05) is 35.8 Å². The van der Waals surface area contributed by atoms with Gasteiger partial charge in [-0.3, -0.25) is 4.79 Å². The van der Waals surface area contributed by atoms with Gasteiger partial charge in [0.15, 0.2) is 5.75 Å². The fourth-order valence-corrected chi connectivity index (χ4v) is 5.10. The van der Waals surface area contributed by atoms with Crippen LogP contribution in [0.4, 0.5) is 5.69 Å². The summed E-state index contributed by atoms with van der Waals surface area (Å²) in [5.74, 6) is 1.49. The molecule has 2 fully saturated rings. The molecule has 0 unspecified atom stereocenters. The number of rotatable bonds is 5. The molecule has 0 radical (unpaired) electrons. The van der Waals surface area contributed by atoms with E-state index in [1.165, 1.54) is 0 Å². The van der Waals surface area contributed by atoms with Crippen molar-refractivity contribution in [3.05, 3.63) is 54.1 Å². The minimum atomic E-state index is -0.0382. The van der Waals surface area contributed by atoms with E-state index in [0.717, 1.165) is 50.6 Å². The Hall–Kier alpha value is -2.57. The minimum Gasteiger partial charge on any atom is -0.455 e. The van der Waals surface area contributed by atoms with Gasteiger partial charge in [0.2, 0.25) is 0 Å². The molecule has 2 aliphatic rings. The lowest BCUT2D eigenvalue weighted by molar-refractivity contribution is 0.0873. The number of piperidine rings is 1. The third-order valence-electron chi connectivity index (χ3n) is 6.09. The number of benzene rings is 2. The molecule has 6 nitrogen and oxygen atoms in total. The maximum atomic E-state index is 12.9. The largest absolute Gasteiger partial charge is 0.455 e. The predicted octanol–water partition coefficient (Wildman–Crippen LogP) is 4.35. The highest BCUT2D eigenvalue weighted by molar-refractivity contribution is 5.94. The summed E-state index contributed by atoms with van der Waals surface area (Å²) in [6, 6.07) is 15.6. The summed E-state index contributed by atoms with van der Waals surface area (Å²) in [5, 5.41) is 6.88. The quantitative estimate of drug-likeness (QED) is 0.728. The van der Waals surface area contributed by atoms with Crippen LogP contribution >= 0.6 is 0 Å². The Balaban J connectivity index is 1.41. The van der Waals surface area contributed by atoms with Crippen LogP contribution in [0.2, 0.25) is 0 Å². The van der Waals surface area contributed by atoms with E-state index in [1.807, 2.05) is 42.5 Å². The Morgan fingerprint density at radius 2 is 1.62 bits per heavy atom. The number of nitrogens with zero attached hydrogens (tertiary/aromatic N) is 1. The van der Waals surface area contributed by atoms with E-state index in [-0.39, 0.29) is 23.0 Å². The number of carbonyl (C=O) groups excluding carboxylic acids is 1. The lowest BCUT2D eigenvalue weighted by Gasteiger charge is -2.46. The third-order valence-corrected chi connectivity index (χ3v) is 6.09. The van der Waals surface area contributed by atoms with Gasteiger partial charge < -0.3 is 25.0 Å². The molecule has 0 aromatic heterocycles. The normalized spacial score (nSPS) is 20.6. The van der Waals surface area contributed by atoms with E-state index in [2.05, 4.69) is 49.3 Å². The lowest BCUT2D eigenvalue weighted by atomic mass is 9.79. The molecule has 1 amide bonds. The molecule has 2 heterocycles. The van der Waals surface area contributed by atoms with Crippen molar-refractivity contribution < 1.29 is 14.3 Å². The van der Waals surface area contributed by atoms with Gasteiger partial charge in [-0.15, -0.1) is 0 Å². The SMILES string of the molecule is CC1(C)CC(NC(=O)c2ccc(Oc3ccccc3N3CCOCC3)cc2)CC(C)(C)N1. The smallest absolute Gasteiger partial charge is 0.251 e. The van der Waals surface area contributed by atoms with Crippen molar-refractivity contribution in [1.82, 2.24) is 10.6 Å². The number of para-hydroxylation sites is 2. The number of hydrogen-bond acceptors (Lipinski definition) is 5. The molecule has 0 saturated carbocycles. The number of morpholine rings is 1. The van der Waals surface area contributed by atoms with Crippen LogP contribution in [-0.2, 0) is 4.74 Å². The minimum absolute atomic E-state index is 0.00866. The van der Waals surface area contributed by atoms with Crippen molar-refractivity contribution in [2.45, 2.75) is 57.7 Å². The van der Waals surface area contributed by atoms with Crippen molar-refractivity contribution in [2.24, 2.45) is 0 Å². The number of amides is 1. The summed E-state index contributed by atoms with van der Waals surface area (Å²) in [7, 11) is 0. The molecular formula is C26H35N3O3. The standard InChI is InChI=1S/C26H35N3O3/c1-25(2)17-20(18-26(3,4)28-25)27-24(30)19-9-11-21(12-10-19)32-23-8-6-5-7-22(23)29-13-15-31-16-14-29/h5-12,20,28H,13-18H2,1-4H3,(H,27,30). The van der Waals surface area contributed by atoms with Crippen molar-refractivity contribution >= 4 is 11.6 Å². The average Bonchev–Trinajstić information content (AvgIpc) is 2.73. The molecule has 6 heteroatoms. The summed E-state index contributed by atoms with van der Waals surface area (Å²) in [4.78, 5) is 15.2. The van der Waals surface area contributed by atoms with E-state index >= 15 is 0 Å². The van der Waals surface area contributed by atoms with Gasteiger partial charge in [0.1, 0.15) is 5.75 Å². The van der Waals surface area contributed by atoms with Crippen molar-refractivity contribution in [3.63, 3.8) is 0 Å². The monoisotopic (exact) mass is 437 g/mol. The van der Waals surface area contributed by atoms with Crippen LogP contribution in [0.1, 0.15) is 50.9 Å². The molecule has 0 atom stereocenters. The van der Waals surface area contributed by atoms with E-state index in [9.17, 15) is 4.79 Å². The maximum absolute atomic E-state index is 12.9. The molecule has 0 bridgehead atoms. The molecule has 172 valence electrons. The van der Waals surface area contributed by atoms with Crippen LogP contribution in [0.15, 0.2) is 48.5 Å². The van der Waals surface area contributed by atoms with Crippen LogP contribution < -0.4 is 20.3 Å². The number of hydrogen-bond donors (Lipinski definition) is 2. The Morgan fingerprint density at radius 1 is 1.00 bits per heavy atom. The van der Waals surface area contributed by atoms with Gasteiger partial charge in [0.05, 0.1) is 18.9 Å². The van der Waals surface area contributed by atoms with Gasteiger partial charge >= 0.3 is 0 Å². The number of nitrogens with one attached hydrogen (secondary N) is 2. The topological polar surface area (TPSA) is 62.8 Å². The second kappa shape index (κ2) is 9.12. The van der Waals surface area contributed by atoms with Gasteiger partial charge in [-0.1, -0.05) is 12.1 Å². The first-order valence-corrected chi connectivity index (χ1v) is 11.5. The molecule has 2 aromatic rings. The zero-order chi connectivity index (χ0) is 22.8. The van der Waals surface area contributed by atoms with Crippen LogP contribution in [0.5, 0.6) is 11.5 Å². The first kappa shape index (κ1) is 22.6. The Labute approximate surface area is 191 Å². The highest BCUT2D eigenvalue weighted by Crippen LogP contribution is 2.33. The van der Waals surface area contributed by atoms with Gasteiger partial charge in [0.25, 0.3) is 5.91 Å². The first-order chi connectivity index (χ1) is 15.2. The molecule has 4 rings (SSSR count). The maximum Gasteiger partial charge on any atom is 0.251 e. The number of anilines is 1. The molecule has 2 N–H and O–H groups in total. The fraction of sp³-hybridized carbons (Fsp3) is 0.500. The fourth-order valence-electron chi connectivity index (χ4n) is 5.10. The average molecular weight is 438 g/mol. The number of ether oxygens (including phenoxy) is 2. The van der Waals surface area contributed by atoms with E-state index < -0.39 is 0 Å². The van der Waals surface area contributed by atoms with Crippen LogP contribution in [0.25, 0.3) is 0 Å². The summed E-state index contributed by atoms with van der Waals surface area (Å²) in [5.41, 5.74) is 1.69. The summed E-state index contributed by atoms with van der Waals surface area (Å²) in [6.07, 6.45) is 1.81. The van der Waals surface area contributed by atoms with Gasteiger partial charge in [-0.2, -0.15) is 0 Å².